The Morgan fingerprint density at radius 3 is 2.11 bits per heavy atom. The number of sulfone groups is 1. The minimum Gasteiger partial charge on any atom is -0.308 e. The average Bonchev–Trinajstić information content (AvgIpc) is 3.05. The summed E-state index contributed by atoms with van der Waals surface area (Å²) in [5.74, 6) is 0. The van der Waals surface area contributed by atoms with E-state index in [-0.39, 0.29) is 31.1 Å². The van der Waals surface area contributed by atoms with Crippen LogP contribution in [0.15, 0.2) is 28.5 Å². The first-order valence-electron chi connectivity index (χ1n) is 8.71. The number of hydrogen-bond acceptors (Lipinski definition) is 6. The maximum atomic E-state index is 13.1. The van der Waals surface area contributed by atoms with Crippen molar-refractivity contribution in [2.45, 2.75) is 48.9 Å². The van der Waals surface area contributed by atoms with Gasteiger partial charge in [-0.15, -0.1) is 10.2 Å². The molecule has 0 N–H and O–H groups in total. The van der Waals surface area contributed by atoms with Crippen molar-refractivity contribution < 1.29 is 16.8 Å². The van der Waals surface area contributed by atoms with Gasteiger partial charge in [0.05, 0.1) is 10.1 Å². The maximum absolute atomic E-state index is 13.1. The molecule has 1 saturated heterocycles. The van der Waals surface area contributed by atoms with E-state index < -0.39 is 25.1 Å². The highest BCUT2D eigenvalue weighted by Gasteiger charge is 2.38. The van der Waals surface area contributed by atoms with Crippen molar-refractivity contribution in [3.63, 3.8) is 0 Å². The van der Waals surface area contributed by atoms with Gasteiger partial charge in [0, 0.05) is 20.1 Å². The van der Waals surface area contributed by atoms with E-state index in [0.29, 0.717) is 10.5 Å². The lowest BCUT2D eigenvalue weighted by molar-refractivity contribution is 0.344. The summed E-state index contributed by atoms with van der Waals surface area (Å²) in [6, 6.07) is 3.57. The van der Waals surface area contributed by atoms with Gasteiger partial charge in [0.2, 0.25) is 25.0 Å². The quantitative estimate of drug-likeness (QED) is 0.751. The fourth-order valence-electron chi connectivity index (χ4n) is 3.41. The highest BCUT2D eigenvalue weighted by molar-refractivity contribution is 7.92. The Morgan fingerprint density at radius 1 is 0.963 bits per heavy atom. The number of nitrogens with zero attached hydrogens (tertiary/aromatic N) is 4. The number of benzene rings is 1. The molecular weight excluding hydrogens is 388 g/mol. The monoisotopic (exact) mass is 412 g/mol. The topological polar surface area (TPSA) is 102 Å². The summed E-state index contributed by atoms with van der Waals surface area (Å²) in [6.07, 6.45) is 1.81. The molecule has 0 saturated carbocycles. The second kappa shape index (κ2) is 6.99. The Labute approximate surface area is 160 Å². The van der Waals surface area contributed by atoms with Gasteiger partial charge in [0.15, 0.2) is 0 Å². The molecule has 1 aromatic heterocycles. The minimum atomic E-state index is -3.66. The van der Waals surface area contributed by atoms with Gasteiger partial charge in [0.1, 0.15) is 6.33 Å². The Hall–Kier alpha value is -1.78. The van der Waals surface area contributed by atoms with Gasteiger partial charge in [-0.1, -0.05) is 6.07 Å². The smallest absolute Gasteiger partial charge is 0.249 e. The van der Waals surface area contributed by atoms with E-state index in [4.69, 9.17) is 0 Å². The zero-order chi connectivity index (χ0) is 20.0. The van der Waals surface area contributed by atoms with Crippen LogP contribution in [0.2, 0.25) is 0 Å². The standard InChI is InChI=1S/C17H24N4O4S2/c1-12-9-14(3)16(10-13(12)2)27(24,25)21-7-5-15(6-8-21)26(22,23)17-19-18-11-20(17)4/h9-11,15H,5-8H2,1-4H3. The van der Waals surface area contributed by atoms with E-state index >= 15 is 0 Å². The van der Waals surface area contributed by atoms with Crippen molar-refractivity contribution in [1.82, 2.24) is 19.1 Å². The molecule has 148 valence electrons. The van der Waals surface area contributed by atoms with Gasteiger partial charge in [-0.2, -0.15) is 4.31 Å². The van der Waals surface area contributed by atoms with E-state index in [2.05, 4.69) is 10.2 Å². The van der Waals surface area contributed by atoms with Crippen molar-refractivity contribution in [2.24, 2.45) is 7.05 Å². The lowest BCUT2D eigenvalue weighted by atomic mass is 10.1. The van der Waals surface area contributed by atoms with Crippen molar-refractivity contribution in [1.29, 1.82) is 0 Å². The Bertz CT molecular complexity index is 1070. The number of piperidine rings is 1. The van der Waals surface area contributed by atoms with Gasteiger partial charge in [-0.25, -0.2) is 16.8 Å². The molecule has 0 atom stereocenters. The van der Waals surface area contributed by atoms with Crippen LogP contribution in [0, 0.1) is 20.8 Å². The molecule has 27 heavy (non-hydrogen) atoms. The van der Waals surface area contributed by atoms with Crippen LogP contribution in [0.25, 0.3) is 0 Å². The molecule has 1 fully saturated rings. The predicted molar refractivity (Wildman–Crippen MR) is 101 cm³/mol. The Morgan fingerprint density at radius 2 is 1.56 bits per heavy atom. The van der Waals surface area contributed by atoms with Crippen LogP contribution in [0.5, 0.6) is 0 Å². The third kappa shape index (κ3) is 3.53. The fraction of sp³-hybridized carbons (Fsp3) is 0.529. The Kier molecular flexibility index (Phi) is 5.17. The molecule has 0 unspecified atom stereocenters. The first-order valence-corrected chi connectivity index (χ1v) is 11.7. The predicted octanol–water partition coefficient (Wildman–Crippen LogP) is 1.37. The second-order valence-electron chi connectivity index (χ2n) is 7.07. The molecule has 8 nitrogen and oxygen atoms in total. The zero-order valence-electron chi connectivity index (χ0n) is 15.9. The van der Waals surface area contributed by atoms with E-state index in [1.807, 2.05) is 19.9 Å². The Balaban J connectivity index is 1.81. The molecule has 0 spiro atoms. The molecule has 1 aliphatic heterocycles. The van der Waals surface area contributed by atoms with Crippen LogP contribution >= 0.6 is 0 Å². The van der Waals surface area contributed by atoms with Crippen molar-refractivity contribution in [3.05, 3.63) is 35.2 Å². The van der Waals surface area contributed by atoms with E-state index in [9.17, 15) is 16.8 Å². The molecule has 0 radical (unpaired) electrons. The highest BCUT2D eigenvalue weighted by Crippen LogP contribution is 2.29. The molecule has 0 amide bonds. The summed E-state index contributed by atoms with van der Waals surface area (Å²) in [5, 5.41) is 6.60. The number of rotatable bonds is 4. The number of sulfonamides is 1. The van der Waals surface area contributed by atoms with Gasteiger partial charge in [-0.3, -0.25) is 0 Å². The van der Waals surface area contributed by atoms with Gasteiger partial charge >= 0.3 is 0 Å². The summed E-state index contributed by atoms with van der Waals surface area (Å²) < 4.78 is 54.4. The summed E-state index contributed by atoms with van der Waals surface area (Å²) >= 11 is 0. The summed E-state index contributed by atoms with van der Waals surface area (Å²) in [4.78, 5) is 0.292. The van der Waals surface area contributed by atoms with Crippen LogP contribution < -0.4 is 0 Å². The van der Waals surface area contributed by atoms with Crippen LogP contribution in [-0.4, -0.2) is 54.2 Å². The second-order valence-corrected chi connectivity index (χ2v) is 11.1. The number of hydrogen-bond donors (Lipinski definition) is 0. The van der Waals surface area contributed by atoms with E-state index in [1.54, 1.807) is 20.0 Å². The maximum Gasteiger partial charge on any atom is 0.249 e. The lowest BCUT2D eigenvalue weighted by Gasteiger charge is -2.31. The molecule has 2 aromatic rings. The molecule has 0 aliphatic carbocycles. The third-order valence-electron chi connectivity index (χ3n) is 5.17. The SMILES string of the molecule is Cc1cc(C)c(S(=O)(=O)N2CCC(S(=O)(=O)c3nncn3C)CC2)cc1C. The van der Waals surface area contributed by atoms with Gasteiger partial charge in [-0.05, 0) is 56.4 Å². The summed E-state index contributed by atoms with van der Waals surface area (Å²) in [7, 11) is -5.71. The third-order valence-corrected chi connectivity index (χ3v) is 9.44. The summed E-state index contributed by atoms with van der Waals surface area (Å²) in [5.41, 5.74) is 2.66. The molecular formula is C17H24N4O4S2. The van der Waals surface area contributed by atoms with E-state index in [1.165, 1.54) is 15.2 Å². The average molecular weight is 413 g/mol. The van der Waals surface area contributed by atoms with Crippen molar-refractivity contribution in [3.8, 4) is 0 Å². The van der Waals surface area contributed by atoms with Gasteiger partial charge in [0.25, 0.3) is 0 Å². The first kappa shape index (κ1) is 20.0. The minimum absolute atomic E-state index is 0.0752. The van der Waals surface area contributed by atoms with E-state index in [0.717, 1.165) is 11.1 Å². The summed E-state index contributed by atoms with van der Waals surface area (Å²) in [6.45, 7) is 5.94. The molecule has 1 aliphatic rings. The number of aryl methyl sites for hydroxylation is 4. The van der Waals surface area contributed by atoms with Gasteiger partial charge < -0.3 is 4.57 Å². The highest BCUT2D eigenvalue weighted by atomic mass is 32.2. The molecule has 1 aromatic carbocycles. The molecule has 10 heteroatoms. The van der Waals surface area contributed by atoms with Crippen LogP contribution in [0.1, 0.15) is 29.5 Å². The normalized spacial score (nSPS) is 17.3. The molecule has 2 heterocycles. The number of aromatic nitrogens is 3. The fourth-order valence-corrected chi connectivity index (χ4v) is 6.91. The van der Waals surface area contributed by atoms with Crippen LogP contribution in [0.4, 0.5) is 0 Å². The first-order chi connectivity index (χ1) is 12.5. The molecule has 3 rings (SSSR count). The molecule has 0 bridgehead atoms. The van der Waals surface area contributed by atoms with Crippen LogP contribution in [0.3, 0.4) is 0 Å². The van der Waals surface area contributed by atoms with Crippen LogP contribution in [-0.2, 0) is 26.9 Å². The largest absolute Gasteiger partial charge is 0.308 e. The zero-order valence-corrected chi connectivity index (χ0v) is 17.5. The van der Waals surface area contributed by atoms with Crippen molar-refractivity contribution in [2.75, 3.05) is 13.1 Å². The lowest BCUT2D eigenvalue weighted by Crippen LogP contribution is -2.43. The van der Waals surface area contributed by atoms with Crippen molar-refractivity contribution >= 4 is 19.9 Å².